The molecule has 3 aromatic heterocycles. The highest BCUT2D eigenvalue weighted by atomic mass is 32.2. The Kier molecular flexibility index (Phi) is 6.24. The summed E-state index contributed by atoms with van der Waals surface area (Å²) in [5.74, 6) is 1.74. The number of aryl methyl sites for hydroxylation is 1. The van der Waals surface area contributed by atoms with E-state index in [1.165, 1.54) is 19.3 Å². The molecule has 0 saturated carbocycles. The van der Waals surface area contributed by atoms with Crippen molar-refractivity contribution in [2.45, 2.75) is 44.8 Å². The number of hydrogen-bond donors (Lipinski definition) is 1. The molecule has 1 amide bonds. The zero-order valence-electron chi connectivity index (χ0n) is 16.6. The largest absolute Gasteiger partial charge is 0.356 e. The zero-order chi connectivity index (χ0) is 20.2. The molecule has 0 aromatic carbocycles. The van der Waals surface area contributed by atoms with Gasteiger partial charge in [-0.1, -0.05) is 23.2 Å². The van der Waals surface area contributed by atoms with Gasteiger partial charge in [0, 0.05) is 19.6 Å². The molecule has 0 unspecified atom stereocenters. The van der Waals surface area contributed by atoms with Crippen molar-refractivity contribution < 1.29 is 4.79 Å². The van der Waals surface area contributed by atoms with E-state index >= 15 is 0 Å². The number of hydrogen-bond acceptors (Lipinski definition) is 9. The van der Waals surface area contributed by atoms with Crippen LogP contribution in [-0.2, 0) is 6.54 Å². The lowest BCUT2D eigenvalue weighted by atomic mass is 10.1. The Morgan fingerprint density at radius 3 is 2.83 bits per heavy atom. The van der Waals surface area contributed by atoms with E-state index in [9.17, 15) is 4.79 Å². The van der Waals surface area contributed by atoms with Gasteiger partial charge in [0.05, 0.1) is 23.8 Å². The van der Waals surface area contributed by atoms with Crippen molar-refractivity contribution in [3.63, 3.8) is 0 Å². The molecule has 1 saturated heterocycles. The summed E-state index contributed by atoms with van der Waals surface area (Å²) in [7, 11) is 0. The SMILES string of the molecule is CCSc1nc(N2CCCCC2)c2cnn(CCNC(=O)c3snnc3C)c2n1. The van der Waals surface area contributed by atoms with Crippen molar-refractivity contribution in [2.75, 3.05) is 30.3 Å². The van der Waals surface area contributed by atoms with E-state index in [0.717, 1.165) is 52.4 Å². The minimum absolute atomic E-state index is 0.153. The number of amides is 1. The third-order valence-corrected chi connectivity index (χ3v) is 6.41. The number of fused-ring (bicyclic) bond motifs is 1. The topological polar surface area (TPSA) is 102 Å². The molecule has 0 bridgehead atoms. The summed E-state index contributed by atoms with van der Waals surface area (Å²) in [5.41, 5.74) is 1.47. The van der Waals surface area contributed by atoms with Crippen molar-refractivity contribution >= 4 is 46.1 Å². The van der Waals surface area contributed by atoms with Gasteiger partial charge in [0.25, 0.3) is 5.91 Å². The number of aromatic nitrogens is 6. The van der Waals surface area contributed by atoms with Crippen molar-refractivity contribution in [2.24, 2.45) is 0 Å². The van der Waals surface area contributed by atoms with Gasteiger partial charge in [-0.05, 0) is 43.5 Å². The summed E-state index contributed by atoms with van der Waals surface area (Å²) in [6.45, 7) is 6.91. The highest BCUT2D eigenvalue weighted by molar-refractivity contribution is 7.99. The second kappa shape index (κ2) is 9.04. The summed E-state index contributed by atoms with van der Waals surface area (Å²) >= 11 is 2.75. The van der Waals surface area contributed by atoms with Crippen molar-refractivity contribution in [3.05, 3.63) is 16.8 Å². The molecule has 0 aliphatic carbocycles. The van der Waals surface area contributed by atoms with Crippen molar-refractivity contribution in [1.82, 2.24) is 34.7 Å². The summed E-state index contributed by atoms with van der Waals surface area (Å²) < 4.78 is 5.66. The monoisotopic (exact) mass is 432 g/mol. The molecule has 9 nitrogen and oxygen atoms in total. The minimum atomic E-state index is -0.153. The molecule has 11 heteroatoms. The van der Waals surface area contributed by atoms with Gasteiger partial charge < -0.3 is 10.2 Å². The van der Waals surface area contributed by atoms with Gasteiger partial charge in [-0.3, -0.25) is 4.79 Å². The van der Waals surface area contributed by atoms with Crippen LogP contribution >= 0.6 is 23.3 Å². The summed E-state index contributed by atoms with van der Waals surface area (Å²) in [4.78, 5) is 24.7. The Balaban J connectivity index is 1.54. The van der Waals surface area contributed by atoms with E-state index < -0.39 is 0 Å². The second-order valence-corrected chi connectivity index (χ2v) is 8.84. The van der Waals surface area contributed by atoms with Crippen molar-refractivity contribution in [1.29, 1.82) is 0 Å². The number of nitrogens with one attached hydrogen (secondary N) is 1. The highest BCUT2D eigenvalue weighted by Gasteiger charge is 2.20. The molecule has 0 radical (unpaired) electrons. The second-order valence-electron chi connectivity index (χ2n) is 6.86. The predicted octanol–water partition coefficient (Wildman–Crippen LogP) is 2.52. The Morgan fingerprint density at radius 1 is 1.28 bits per heavy atom. The summed E-state index contributed by atoms with van der Waals surface area (Å²) in [6, 6.07) is 0. The van der Waals surface area contributed by atoms with Crippen LogP contribution in [0.15, 0.2) is 11.4 Å². The normalized spacial score (nSPS) is 14.5. The van der Waals surface area contributed by atoms with Crippen LogP contribution in [0.2, 0.25) is 0 Å². The maximum atomic E-state index is 12.3. The van der Waals surface area contributed by atoms with Gasteiger partial charge in [0.2, 0.25) is 0 Å². The maximum Gasteiger partial charge on any atom is 0.265 e. The van der Waals surface area contributed by atoms with Crippen molar-refractivity contribution in [3.8, 4) is 0 Å². The lowest BCUT2D eigenvalue weighted by Gasteiger charge is -2.28. The molecule has 0 atom stereocenters. The number of carbonyl (C=O) groups excluding carboxylic acids is 1. The standard InChI is InChI=1S/C18H24N8OS2/c1-3-28-18-21-15(25-8-5-4-6-9-25)13-11-20-26(16(13)22-18)10-7-19-17(27)14-12(2)23-24-29-14/h11H,3-10H2,1-2H3,(H,19,27). The Bertz CT molecular complexity index is 995. The summed E-state index contributed by atoms with van der Waals surface area (Å²) in [6.07, 6.45) is 5.50. The van der Waals surface area contributed by atoms with E-state index in [1.54, 1.807) is 18.7 Å². The predicted molar refractivity (Wildman–Crippen MR) is 115 cm³/mol. The van der Waals surface area contributed by atoms with E-state index in [0.29, 0.717) is 23.7 Å². The molecule has 4 rings (SSSR count). The summed E-state index contributed by atoms with van der Waals surface area (Å²) in [5, 5.41) is 13.1. The van der Waals surface area contributed by atoms with E-state index in [2.05, 4.69) is 31.8 Å². The third kappa shape index (κ3) is 4.35. The molecule has 1 aliphatic heterocycles. The van der Waals surface area contributed by atoms with Gasteiger partial charge in [0.1, 0.15) is 10.7 Å². The first-order chi connectivity index (χ1) is 14.2. The van der Waals surface area contributed by atoms with Crippen LogP contribution in [0.4, 0.5) is 5.82 Å². The molecule has 3 aromatic rings. The van der Waals surface area contributed by atoms with Crippen LogP contribution in [0.25, 0.3) is 11.0 Å². The molecular weight excluding hydrogens is 408 g/mol. The third-order valence-electron chi connectivity index (χ3n) is 4.85. The molecule has 29 heavy (non-hydrogen) atoms. The molecule has 1 aliphatic rings. The van der Waals surface area contributed by atoms with Crippen LogP contribution in [-0.4, -0.2) is 60.6 Å². The molecule has 1 fully saturated rings. The van der Waals surface area contributed by atoms with Crippen LogP contribution in [0.1, 0.15) is 41.6 Å². The number of rotatable bonds is 7. The quantitative estimate of drug-likeness (QED) is 0.449. The van der Waals surface area contributed by atoms with Gasteiger partial charge >= 0.3 is 0 Å². The average Bonchev–Trinajstić information content (AvgIpc) is 3.35. The lowest BCUT2D eigenvalue weighted by Crippen LogP contribution is -2.30. The Morgan fingerprint density at radius 2 is 2.10 bits per heavy atom. The highest BCUT2D eigenvalue weighted by Crippen LogP contribution is 2.29. The fourth-order valence-electron chi connectivity index (χ4n) is 3.42. The maximum absolute atomic E-state index is 12.3. The minimum Gasteiger partial charge on any atom is -0.356 e. The number of piperidine rings is 1. The molecule has 1 N–H and O–H groups in total. The Hall–Kier alpha value is -2.27. The van der Waals surface area contributed by atoms with Crippen LogP contribution in [0.3, 0.4) is 0 Å². The zero-order valence-corrected chi connectivity index (χ0v) is 18.2. The fourth-order valence-corrected chi connectivity index (χ4v) is 4.55. The number of thioether (sulfide) groups is 1. The van der Waals surface area contributed by atoms with Crippen LogP contribution in [0.5, 0.6) is 0 Å². The van der Waals surface area contributed by atoms with Gasteiger partial charge in [-0.25, -0.2) is 14.6 Å². The first-order valence-electron chi connectivity index (χ1n) is 9.86. The van der Waals surface area contributed by atoms with Crippen LogP contribution in [0, 0.1) is 6.92 Å². The first-order valence-corrected chi connectivity index (χ1v) is 11.6. The van der Waals surface area contributed by atoms with Gasteiger partial charge in [-0.2, -0.15) is 5.10 Å². The van der Waals surface area contributed by atoms with E-state index in [4.69, 9.17) is 9.97 Å². The fraction of sp³-hybridized carbons (Fsp3) is 0.556. The number of carbonyl (C=O) groups is 1. The molecule has 154 valence electrons. The van der Waals surface area contributed by atoms with Crippen LogP contribution < -0.4 is 10.2 Å². The van der Waals surface area contributed by atoms with Gasteiger partial charge in [-0.15, -0.1) is 5.10 Å². The van der Waals surface area contributed by atoms with E-state index in [-0.39, 0.29) is 5.91 Å². The Labute approximate surface area is 177 Å². The molecular formula is C18H24N8OS2. The smallest absolute Gasteiger partial charge is 0.265 e. The average molecular weight is 433 g/mol. The lowest BCUT2D eigenvalue weighted by molar-refractivity contribution is 0.0955. The molecule has 0 spiro atoms. The first kappa shape index (κ1) is 20.0. The van der Waals surface area contributed by atoms with Gasteiger partial charge in [0.15, 0.2) is 10.8 Å². The molecule has 4 heterocycles. The van der Waals surface area contributed by atoms with E-state index in [1.807, 2.05) is 10.9 Å². The number of nitrogens with zero attached hydrogens (tertiary/aromatic N) is 7. The number of anilines is 1.